The van der Waals surface area contributed by atoms with Gasteiger partial charge in [0, 0.05) is 18.6 Å². The molecule has 3 fully saturated rings. The summed E-state index contributed by atoms with van der Waals surface area (Å²) in [5.41, 5.74) is 0. The Labute approximate surface area is 142 Å². The molecule has 1 aromatic heterocycles. The third-order valence-corrected chi connectivity index (χ3v) is 5.12. The molecule has 1 aliphatic heterocycles. The van der Waals surface area contributed by atoms with Gasteiger partial charge in [-0.1, -0.05) is 12.1 Å². The highest BCUT2D eigenvalue weighted by Crippen LogP contribution is 2.38. The molecule has 0 spiro atoms. The number of hydrogen-bond acceptors (Lipinski definition) is 5. The summed E-state index contributed by atoms with van der Waals surface area (Å²) in [4.78, 5) is 9.10. The summed E-state index contributed by atoms with van der Waals surface area (Å²) >= 11 is 0. The van der Waals surface area contributed by atoms with Crippen LogP contribution >= 0.6 is 0 Å². The molecule has 2 aliphatic carbocycles. The van der Waals surface area contributed by atoms with E-state index in [2.05, 4.69) is 39.6 Å². The molecule has 2 heterocycles. The van der Waals surface area contributed by atoms with Gasteiger partial charge in [0.15, 0.2) is 11.8 Å². The highest BCUT2D eigenvalue weighted by Gasteiger charge is 2.34. The molecule has 24 heavy (non-hydrogen) atoms. The summed E-state index contributed by atoms with van der Waals surface area (Å²) in [7, 11) is 0. The number of guanidine groups is 1. The smallest absolute Gasteiger partial charge is 0.248 e. The fourth-order valence-corrected chi connectivity index (χ4v) is 3.12. The minimum atomic E-state index is 0.234. The predicted molar refractivity (Wildman–Crippen MR) is 89.7 cm³/mol. The van der Waals surface area contributed by atoms with Gasteiger partial charge in [-0.2, -0.15) is 4.98 Å². The predicted octanol–water partition coefficient (Wildman–Crippen LogP) is 1.96. The Bertz CT molecular complexity index is 592. The van der Waals surface area contributed by atoms with E-state index in [0.29, 0.717) is 30.3 Å². The van der Waals surface area contributed by atoms with Crippen LogP contribution in [0.3, 0.4) is 0 Å². The van der Waals surface area contributed by atoms with Gasteiger partial charge in [-0.25, -0.2) is 4.99 Å². The van der Waals surface area contributed by atoms with Gasteiger partial charge in [0.1, 0.15) is 6.54 Å². The molecule has 2 N–H and O–H groups in total. The third-order valence-electron chi connectivity index (χ3n) is 5.12. The first kappa shape index (κ1) is 15.9. The van der Waals surface area contributed by atoms with Crippen molar-refractivity contribution in [2.75, 3.05) is 6.61 Å². The number of aromatic nitrogens is 2. The number of rotatable bonds is 6. The Morgan fingerprint density at radius 1 is 1.38 bits per heavy atom. The van der Waals surface area contributed by atoms with Crippen molar-refractivity contribution < 1.29 is 9.26 Å². The average molecular weight is 333 g/mol. The summed E-state index contributed by atoms with van der Waals surface area (Å²) in [5, 5.41) is 11.0. The van der Waals surface area contributed by atoms with Crippen LogP contribution in [0.5, 0.6) is 0 Å². The molecular weight excluding hydrogens is 306 g/mol. The van der Waals surface area contributed by atoms with E-state index in [1.165, 1.54) is 19.3 Å². The molecule has 0 amide bonds. The van der Waals surface area contributed by atoms with Crippen molar-refractivity contribution in [2.45, 2.75) is 76.6 Å². The Kier molecular flexibility index (Phi) is 4.43. The summed E-state index contributed by atoms with van der Waals surface area (Å²) in [6.07, 6.45) is 6.06. The van der Waals surface area contributed by atoms with Gasteiger partial charge >= 0.3 is 0 Å². The maximum atomic E-state index is 5.77. The van der Waals surface area contributed by atoms with E-state index in [1.54, 1.807) is 0 Å². The zero-order valence-electron chi connectivity index (χ0n) is 14.5. The maximum Gasteiger partial charge on any atom is 0.248 e. The fourth-order valence-electron chi connectivity index (χ4n) is 3.12. The quantitative estimate of drug-likeness (QED) is 0.611. The number of aliphatic imine (C=N–C) groups is 1. The highest BCUT2D eigenvalue weighted by molar-refractivity contribution is 5.80. The van der Waals surface area contributed by atoms with Crippen LogP contribution in [0.2, 0.25) is 0 Å². The monoisotopic (exact) mass is 333 g/mol. The summed E-state index contributed by atoms with van der Waals surface area (Å²) in [5.74, 6) is 3.46. The number of hydrogen-bond donors (Lipinski definition) is 2. The van der Waals surface area contributed by atoms with Crippen molar-refractivity contribution >= 4 is 5.96 Å². The number of nitrogens with zero attached hydrogens (tertiary/aromatic N) is 3. The van der Waals surface area contributed by atoms with Crippen molar-refractivity contribution in [3.8, 4) is 0 Å². The van der Waals surface area contributed by atoms with Crippen LogP contribution in [0.1, 0.15) is 63.6 Å². The molecule has 2 saturated carbocycles. The first-order valence-corrected chi connectivity index (χ1v) is 9.20. The van der Waals surface area contributed by atoms with Crippen LogP contribution in [0.15, 0.2) is 9.52 Å². The van der Waals surface area contributed by atoms with Crippen LogP contribution in [0, 0.1) is 5.92 Å². The first-order chi connectivity index (χ1) is 11.7. The van der Waals surface area contributed by atoms with Gasteiger partial charge in [0.25, 0.3) is 0 Å². The van der Waals surface area contributed by atoms with E-state index in [-0.39, 0.29) is 12.1 Å². The molecular formula is C17H27N5O2. The number of ether oxygens (including phenoxy) is 1. The Morgan fingerprint density at radius 3 is 2.88 bits per heavy atom. The average Bonchev–Trinajstić information content (AvgIpc) is 3.40. The zero-order chi connectivity index (χ0) is 16.5. The van der Waals surface area contributed by atoms with Gasteiger partial charge in [-0.05, 0) is 44.9 Å². The topological polar surface area (TPSA) is 84.6 Å². The summed E-state index contributed by atoms with van der Waals surface area (Å²) < 4.78 is 11.1. The molecule has 7 heteroatoms. The first-order valence-electron chi connectivity index (χ1n) is 9.20. The van der Waals surface area contributed by atoms with Gasteiger partial charge in [-0.15, -0.1) is 0 Å². The molecule has 0 radical (unpaired) electrons. The molecule has 0 bridgehead atoms. The largest absolute Gasteiger partial charge is 0.376 e. The van der Waals surface area contributed by atoms with E-state index >= 15 is 0 Å². The standard InChI is InChI=1S/C17H27N5O2/c1-10-8-13(10)20-17(19-11(2)14-4-3-7-23-14)18-9-15-21-16(22-24-15)12-5-6-12/h10-14H,3-9H2,1-2H3,(H2,18,19,20)/t10-,11+,13+,14+/m1/s1. The second kappa shape index (κ2) is 6.70. The normalized spacial score (nSPS) is 31.1. The van der Waals surface area contributed by atoms with Crippen molar-refractivity contribution in [2.24, 2.45) is 10.9 Å². The lowest BCUT2D eigenvalue weighted by atomic mass is 10.1. The molecule has 1 aromatic rings. The van der Waals surface area contributed by atoms with Gasteiger partial charge in [0.2, 0.25) is 5.89 Å². The Morgan fingerprint density at radius 2 is 2.21 bits per heavy atom. The second-order valence-electron chi connectivity index (χ2n) is 7.43. The maximum absolute atomic E-state index is 5.77. The Balaban J connectivity index is 1.37. The Hall–Kier alpha value is -1.63. The number of nitrogens with one attached hydrogen (secondary N) is 2. The van der Waals surface area contributed by atoms with Crippen molar-refractivity contribution in [3.63, 3.8) is 0 Å². The molecule has 4 atom stereocenters. The van der Waals surface area contributed by atoms with Gasteiger partial charge < -0.3 is 19.9 Å². The molecule has 1 saturated heterocycles. The van der Waals surface area contributed by atoms with E-state index in [4.69, 9.17) is 9.26 Å². The minimum Gasteiger partial charge on any atom is -0.376 e. The van der Waals surface area contributed by atoms with E-state index in [0.717, 1.165) is 31.2 Å². The summed E-state index contributed by atoms with van der Waals surface area (Å²) in [6, 6.07) is 0.746. The van der Waals surface area contributed by atoms with Gasteiger partial charge in [-0.3, -0.25) is 0 Å². The summed E-state index contributed by atoms with van der Waals surface area (Å²) in [6.45, 7) is 5.68. The van der Waals surface area contributed by atoms with Crippen LogP contribution < -0.4 is 10.6 Å². The van der Waals surface area contributed by atoms with Crippen LogP contribution in [-0.4, -0.2) is 40.9 Å². The van der Waals surface area contributed by atoms with E-state index < -0.39 is 0 Å². The van der Waals surface area contributed by atoms with E-state index in [1.807, 2.05) is 0 Å². The zero-order valence-corrected chi connectivity index (χ0v) is 14.5. The fraction of sp³-hybridized carbons (Fsp3) is 0.824. The van der Waals surface area contributed by atoms with E-state index in [9.17, 15) is 0 Å². The lowest BCUT2D eigenvalue weighted by Gasteiger charge is -2.22. The second-order valence-corrected chi connectivity index (χ2v) is 7.43. The molecule has 3 aliphatic rings. The molecule has 132 valence electrons. The van der Waals surface area contributed by atoms with Crippen molar-refractivity contribution in [1.82, 2.24) is 20.8 Å². The van der Waals surface area contributed by atoms with Crippen LogP contribution in [-0.2, 0) is 11.3 Å². The molecule has 4 rings (SSSR count). The lowest BCUT2D eigenvalue weighted by molar-refractivity contribution is 0.0890. The third kappa shape index (κ3) is 3.88. The van der Waals surface area contributed by atoms with Crippen LogP contribution in [0.25, 0.3) is 0 Å². The lowest BCUT2D eigenvalue weighted by Crippen LogP contribution is -2.48. The van der Waals surface area contributed by atoms with Crippen molar-refractivity contribution in [1.29, 1.82) is 0 Å². The molecule has 0 aromatic carbocycles. The van der Waals surface area contributed by atoms with Gasteiger partial charge in [0.05, 0.1) is 12.1 Å². The highest BCUT2D eigenvalue weighted by atomic mass is 16.5. The molecule has 7 nitrogen and oxygen atoms in total. The van der Waals surface area contributed by atoms with Crippen LogP contribution in [0.4, 0.5) is 0 Å². The van der Waals surface area contributed by atoms with Crippen molar-refractivity contribution in [3.05, 3.63) is 11.7 Å². The molecule has 0 unspecified atom stereocenters. The minimum absolute atomic E-state index is 0.234. The SMILES string of the molecule is C[C@@H]1C[C@@H]1NC(=NCc1nc(C2CC2)no1)N[C@@H](C)[C@@H]1CCCO1.